The average molecular weight is 347 g/mol. The molecule has 0 amide bonds. The second kappa shape index (κ2) is 7.85. The van der Waals surface area contributed by atoms with Gasteiger partial charge in [-0.1, -0.05) is 48.5 Å². The van der Waals surface area contributed by atoms with Crippen LogP contribution < -0.4 is 5.32 Å². The van der Waals surface area contributed by atoms with Crippen molar-refractivity contribution >= 4 is 16.7 Å². The monoisotopic (exact) mass is 347 g/mol. The smallest absolute Gasteiger partial charge is 0.127 e. The van der Waals surface area contributed by atoms with Crippen LogP contribution in [-0.2, 0) is 4.74 Å². The van der Waals surface area contributed by atoms with Crippen LogP contribution in [0.4, 0.5) is 5.82 Å². The number of anilines is 1. The van der Waals surface area contributed by atoms with Gasteiger partial charge in [-0.15, -0.1) is 0 Å². The van der Waals surface area contributed by atoms with E-state index in [0.29, 0.717) is 6.04 Å². The predicted molar refractivity (Wildman–Crippen MR) is 108 cm³/mol. The van der Waals surface area contributed by atoms with Crippen LogP contribution in [0.5, 0.6) is 0 Å². The fourth-order valence-electron chi connectivity index (χ4n) is 3.52. The average Bonchev–Trinajstić information content (AvgIpc) is 2.72. The third-order valence-corrected chi connectivity index (χ3v) is 5.05. The molecule has 4 rings (SSSR count). The molecule has 1 atom stereocenters. The van der Waals surface area contributed by atoms with Gasteiger partial charge < -0.3 is 10.1 Å². The molecule has 0 radical (unpaired) electrons. The van der Waals surface area contributed by atoms with E-state index in [4.69, 9.17) is 9.72 Å². The number of hydrogen-bond acceptors (Lipinski definition) is 4. The summed E-state index contributed by atoms with van der Waals surface area (Å²) in [5.41, 5.74) is 3.46. The van der Waals surface area contributed by atoms with Gasteiger partial charge in [-0.25, -0.2) is 4.98 Å². The number of rotatable bonds is 5. The lowest BCUT2D eigenvalue weighted by molar-refractivity contribution is 0.0227. The molecule has 1 aromatic heterocycles. The Bertz CT molecular complexity index is 860. The van der Waals surface area contributed by atoms with E-state index in [1.54, 1.807) is 0 Å². The minimum absolute atomic E-state index is 0.451. The van der Waals surface area contributed by atoms with Gasteiger partial charge in [0, 0.05) is 31.1 Å². The number of pyridine rings is 1. The molecule has 1 fully saturated rings. The van der Waals surface area contributed by atoms with Gasteiger partial charge in [0.15, 0.2) is 0 Å². The molecule has 1 N–H and O–H groups in total. The van der Waals surface area contributed by atoms with Gasteiger partial charge in [-0.05, 0) is 30.2 Å². The Morgan fingerprint density at radius 3 is 2.58 bits per heavy atom. The molecule has 2 heterocycles. The number of nitrogens with zero attached hydrogens (tertiary/aromatic N) is 2. The number of aromatic nitrogens is 1. The summed E-state index contributed by atoms with van der Waals surface area (Å²) in [5.74, 6) is 0.933. The first-order valence-corrected chi connectivity index (χ1v) is 9.32. The van der Waals surface area contributed by atoms with E-state index in [0.717, 1.165) is 44.2 Å². The Morgan fingerprint density at radius 2 is 1.77 bits per heavy atom. The van der Waals surface area contributed by atoms with Crippen molar-refractivity contribution in [3.8, 4) is 11.1 Å². The van der Waals surface area contributed by atoms with Crippen LogP contribution in [0.15, 0.2) is 60.7 Å². The molecule has 134 valence electrons. The fraction of sp³-hybridized carbons (Fsp3) is 0.318. The number of morpholine rings is 1. The molecule has 4 heteroatoms. The van der Waals surface area contributed by atoms with Crippen molar-refractivity contribution in [1.82, 2.24) is 9.88 Å². The zero-order chi connectivity index (χ0) is 17.8. The van der Waals surface area contributed by atoms with Gasteiger partial charge in [-0.3, -0.25) is 4.90 Å². The number of benzene rings is 2. The zero-order valence-corrected chi connectivity index (χ0v) is 15.2. The molecule has 0 aliphatic carbocycles. The maximum absolute atomic E-state index is 5.45. The third-order valence-electron chi connectivity index (χ3n) is 5.05. The minimum Gasteiger partial charge on any atom is -0.379 e. The van der Waals surface area contributed by atoms with Crippen LogP contribution in [0.2, 0.25) is 0 Å². The number of nitrogens with one attached hydrogen (secondary N) is 1. The summed E-state index contributed by atoms with van der Waals surface area (Å²) in [5, 5.41) is 4.74. The number of ether oxygens (including phenoxy) is 1. The van der Waals surface area contributed by atoms with Gasteiger partial charge in [0.25, 0.3) is 0 Å². The second-order valence-electron chi connectivity index (χ2n) is 6.82. The quantitative estimate of drug-likeness (QED) is 0.756. The lowest BCUT2D eigenvalue weighted by Crippen LogP contribution is -2.45. The lowest BCUT2D eigenvalue weighted by Gasteiger charge is -2.32. The van der Waals surface area contributed by atoms with Crippen LogP contribution in [0.3, 0.4) is 0 Å². The normalized spacial score (nSPS) is 16.5. The van der Waals surface area contributed by atoms with Gasteiger partial charge in [0.05, 0.1) is 18.7 Å². The second-order valence-corrected chi connectivity index (χ2v) is 6.82. The van der Waals surface area contributed by atoms with Crippen LogP contribution in [0.25, 0.3) is 22.0 Å². The summed E-state index contributed by atoms with van der Waals surface area (Å²) in [6.45, 7) is 6.80. The van der Waals surface area contributed by atoms with Gasteiger partial charge >= 0.3 is 0 Å². The van der Waals surface area contributed by atoms with E-state index >= 15 is 0 Å². The van der Waals surface area contributed by atoms with Crippen LogP contribution in [-0.4, -0.2) is 48.8 Å². The molecule has 1 aliphatic rings. The number of fused-ring (bicyclic) bond motifs is 1. The SMILES string of the molecule is C[C@H](CNc1cc(-c2ccccc2)c2ccccc2n1)N1CCOCC1. The summed E-state index contributed by atoms with van der Waals surface area (Å²) in [4.78, 5) is 7.29. The molecule has 0 spiro atoms. The van der Waals surface area contributed by atoms with Crippen molar-refractivity contribution in [2.75, 3.05) is 38.2 Å². The molecule has 4 nitrogen and oxygen atoms in total. The van der Waals surface area contributed by atoms with E-state index in [1.807, 2.05) is 6.07 Å². The first-order chi connectivity index (χ1) is 12.8. The molecule has 2 aromatic carbocycles. The molecular formula is C22H25N3O. The Kier molecular flexibility index (Phi) is 5.14. The molecule has 1 saturated heterocycles. The highest BCUT2D eigenvalue weighted by Crippen LogP contribution is 2.30. The number of para-hydroxylation sites is 1. The van der Waals surface area contributed by atoms with Crippen molar-refractivity contribution in [3.05, 3.63) is 60.7 Å². The first kappa shape index (κ1) is 17.0. The highest BCUT2D eigenvalue weighted by Gasteiger charge is 2.17. The Labute approximate surface area is 154 Å². The molecule has 0 saturated carbocycles. The summed E-state index contributed by atoms with van der Waals surface area (Å²) in [7, 11) is 0. The summed E-state index contributed by atoms with van der Waals surface area (Å²) in [6, 6.07) is 21.5. The molecular weight excluding hydrogens is 322 g/mol. The van der Waals surface area contributed by atoms with Crippen molar-refractivity contribution < 1.29 is 4.74 Å². The molecule has 3 aromatic rings. The molecule has 0 bridgehead atoms. The summed E-state index contributed by atoms with van der Waals surface area (Å²) < 4.78 is 5.45. The van der Waals surface area contributed by atoms with E-state index in [-0.39, 0.29) is 0 Å². The van der Waals surface area contributed by atoms with E-state index in [1.165, 1.54) is 16.5 Å². The lowest BCUT2D eigenvalue weighted by atomic mass is 10.0. The highest BCUT2D eigenvalue weighted by atomic mass is 16.5. The standard InChI is InChI=1S/C22H25N3O/c1-17(25-11-13-26-14-12-25)16-23-22-15-20(18-7-3-2-4-8-18)19-9-5-6-10-21(19)24-22/h2-10,15,17H,11-14,16H2,1H3,(H,23,24)/t17-/m1/s1. The number of hydrogen-bond donors (Lipinski definition) is 1. The Morgan fingerprint density at radius 1 is 1.04 bits per heavy atom. The third kappa shape index (κ3) is 3.71. The van der Waals surface area contributed by atoms with Crippen molar-refractivity contribution in [2.45, 2.75) is 13.0 Å². The van der Waals surface area contributed by atoms with E-state index < -0.39 is 0 Å². The van der Waals surface area contributed by atoms with E-state index in [2.05, 4.69) is 71.7 Å². The minimum atomic E-state index is 0.451. The predicted octanol–water partition coefficient (Wildman–Crippen LogP) is 4.03. The molecule has 0 unspecified atom stereocenters. The highest BCUT2D eigenvalue weighted by molar-refractivity contribution is 5.96. The maximum Gasteiger partial charge on any atom is 0.127 e. The van der Waals surface area contributed by atoms with Crippen LogP contribution in [0.1, 0.15) is 6.92 Å². The molecule has 26 heavy (non-hydrogen) atoms. The zero-order valence-electron chi connectivity index (χ0n) is 15.2. The van der Waals surface area contributed by atoms with E-state index in [9.17, 15) is 0 Å². The Balaban J connectivity index is 1.59. The van der Waals surface area contributed by atoms with Crippen LogP contribution in [0, 0.1) is 0 Å². The van der Waals surface area contributed by atoms with Crippen LogP contribution >= 0.6 is 0 Å². The largest absolute Gasteiger partial charge is 0.379 e. The molecule has 1 aliphatic heterocycles. The summed E-state index contributed by atoms with van der Waals surface area (Å²) >= 11 is 0. The van der Waals surface area contributed by atoms with Crippen molar-refractivity contribution in [1.29, 1.82) is 0 Å². The summed E-state index contributed by atoms with van der Waals surface area (Å²) in [6.07, 6.45) is 0. The van der Waals surface area contributed by atoms with Gasteiger partial charge in [0.1, 0.15) is 5.82 Å². The fourth-order valence-corrected chi connectivity index (χ4v) is 3.52. The topological polar surface area (TPSA) is 37.4 Å². The first-order valence-electron chi connectivity index (χ1n) is 9.32. The van der Waals surface area contributed by atoms with Gasteiger partial charge in [-0.2, -0.15) is 0 Å². The van der Waals surface area contributed by atoms with Crippen molar-refractivity contribution in [2.24, 2.45) is 0 Å². The Hall–Kier alpha value is -2.43. The maximum atomic E-state index is 5.45. The van der Waals surface area contributed by atoms with Gasteiger partial charge in [0.2, 0.25) is 0 Å². The van der Waals surface area contributed by atoms with Crippen molar-refractivity contribution in [3.63, 3.8) is 0 Å².